The molecule has 0 bridgehead atoms. The molecule has 0 atom stereocenters. The van der Waals surface area contributed by atoms with Crippen molar-refractivity contribution in [2.24, 2.45) is 0 Å². The van der Waals surface area contributed by atoms with Crippen LogP contribution in [0.3, 0.4) is 0 Å². The third kappa shape index (κ3) is 6.05. The van der Waals surface area contributed by atoms with E-state index in [1.807, 2.05) is 47.0 Å². The van der Waals surface area contributed by atoms with Gasteiger partial charge in [-0.3, -0.25) is 0 Å². The number of hydrogen-bond acceptors (Lipinski definition) is 4. The van der Waals surface area contributed by atoms with Crippen molar-refractivity contribution < 1.29 is 9.53 Å². The molecule has 1 aromatic heterocycles. The Labute approximate surface area is 133 Å². The summed E-state index contributed by atoms with van der Waals surface area (Å²) in [7, 11) is 0. The molecule has 0 aliphatic carbocycles. The van der Waals surface area contributed by atoms with Crippen LogP contribution < -0.4 is 5.32 Å². The molecule has 6 heteroatoms. The van der Waals surface area contributed by atoms with Gasteiger partial charge in [-0.15, -0.1) is 0 Å². The number of rotatable bonds is 7. The average molecular weight is 310 g/mol. The van der Waals surface area contributed by atoms with E-state index in [-0.39, 0.29) is 12.1 Å². The molecule has 22 heavy (non-hydrogen) atoms. The van der Waals surface area contributed by atoms with E-state index in [0.29, 0.717) is 19.6 Å². The van der Waals surface area contributed by atoms with Gasteiger partial charge in [0.2, 0.25) is 0 Å². The minimum Gasteiger partial charge on any atom is -0.444 e. The normalized spacial score (nSPS) is 11.8. The smallest absolute Gasteiger partial charge is 0.410 e. The number of ether oxygens (including phenoxy) is 1. The molecule has 0 spiro atoms. The molecule has 0 aromatic carbocycles. The molecular formula is C16H30N4O2. The highest BCUT2D eigenvalue weighted by Gasteiger charge is 2.23. The zero-order valence-corrected chi connectivity index (χ0v) is 14.7. The Morgan fingerprint density at radius 1 is 1.45 bits per heavy atom. The highest BCUT2D eigenvalue weighted by Crippen LogP contribution is 2.11. The second kappa shape index (κ2) is 8.17. The van der Waals surface area contributed by atoms with Crippen molar-refractivity contribution in [1.29, 1.82) is 0 Å². The van der Waals surface area contributed by atoms with Crippen molar-refractivity contribution >= 4 is 6.09 Å². The van der Waals surface area contributed by atoms with Crippen LogP contribution in [0.25, 0.3) is 0 Å². The van der Waals surface area contributed by atoms with E-state index in [1.165, 1.54) is 0 Å². The van der Waals surface area contributed by atoms with E-state index < -0.39 is 5.60 Å². The van der Waals surface area contributed by atoms with E-state index in [1.54, 1.807) is 4.90 Å². The number of nitrogens with zero attached hydrogens (tertiary/aromatic N) is 3. The lowest BCUT2D eigenvalue weighted by Crippen LogP contribution is -2.44. The number of aryl methyl sites for hydroxylation is 1. The highest BCUT2D eigenvalue weighted by atomic mass is 16.6. The zero-order chi connectivity index (χ0) is 16.8. The van der Waals surface area contributed by atoms with E-state index >= 15 is 0 Å². The van der Waals surface area contributed by atoms with Crippen molar-refractivity contribution in [1.82, 2.24) is 19.8 Å². The fourth-order valence-corrected chi connectivity index (χ4v) is 2.08. The Bertz CT molecular complexity index is 463. The first-order chi connectivity index (χ1) is 10.2. The van der Waals surface area contributed by atoms with Gasteiger partial charge in [-0.05, 0) is 41.5 Å². The Hall–Kier alpha value is -1.56. The maximum absolute atomic E-state index is 12.2. The van der Waals surface area contributed by atoms with Crippen molar-refractivity contribution in [3.8, 4) is 0 Å². The summed E-state index contributed by atoms with van der Waals surface area (Å²) in [5.41, 5.74) is -0.469. The second-order valence-electron chi connectivity index (χ2n) is 6.57. The van der Waals surface area contributed by atoms with Crippen LogP contribution in [0.2, 0.25) is 0 Å². The predicted octanol–water partition coefficient (Wildman–Crippen LogP) is 2.64. The summed E-state index contributed by atoms with van der Waals surface area (Å²) in [5, 5.41) is 3.33. The first-order valence-electron chi connectivity index (χ1n) is 7.95. The van der Waals surface area contributed by atoms with Crippen molar-refractivity contribution in [2.45, 2.75) is 66.3 Å². The van der Waals surface area contributed by atoms with Gasteiger partial charge >= 0.3 is 6.09 Å². The molecule has 0 saturated heterocycles. The summed E-state index contributed by atoms with van der Waals surface area (Å²) in [4.78, 5) is 18.2. The van der Waals surface area contributed by atoms with Crippen LogP contribution in [-0.2, 0) is 17.8 Å². The number of aromatic nitrogens is 2. The van der Waals surface area contributed by atoms with Gasteiger partial charge in [0, 0.05) is 38.1 Å². The Kier molecular flexibility index (Phi) is 6.87. The van der Waals surface area contributed by atoms with Crippen LogP contribution in [0.4, 0.5) is 4.79 Å². The molecule has 0 fully saturated rings. The lowest BCUT2D eigenvalue weighted by atomic mass is 10.2. The average Bonchev–Trinajstić information content (AvgIpc) is 2.83. The monoisotopic (exact) mass is 310 g/mol. The fourth-order valence-electron chi connectivity index (χ4n) is 2.08. The first kappa shape index (κ1) is 18.5. The summed E-state index contributed by atoms with van der Waals surface area (Å²) in [5.74, 6) is 1.01. The Morgan fingerprint density at radius 2 is 2.14 bits per heavy atom. The Balaban J connectivity index is 2.43. The SMILES string of the molecule is CCn1ccnc1CNCCN(C(=O)OC(C)(C)C)C(C)C. The third-order valence-corrected chi connectivity index (χ3v) is 3.21. The third-order valence-electron chi connectivity index (χ3n) is 3.21. The van der Waals surface area contributed by atoms with Crippen LogP contribution in [0.1, 0.15) is 47.4 Å². The minimum absolute atomic E-state index is 0.106. The molecule has 0 unspecified atom stereocenters. The van der Waals surface area contributed by atoms with E-state index in [0.717, 1.165) is 12.4 Å². The summed E-state index contributed by atoms with van der Waals surface area (Å²) in [6.45, 7) is 14.6. The number of carbonyl (C=O) groups excluding carboxylic acids is 1. The fraction of sp³-hybridized carbons (Fsp3) is 0.750. The molecule has 0 radical (unpaired) electrons. The molecule has 0 aliphatic rings. The summed E-state index contributed by atoms with van der Waals surface area (Å²) in [6, 6.07) is 0.106. The van der Waals surface area contributed by atoms with Crippen LogP contribution in [0, 0.1) is 0 Å². The number of amides is 1. The molecule has 1 N–H and O–H groups in total. The zero-order valence-electron chi connectivity index (χ0n) is 14.7. The van der Waals surface area contributed by atoms with Crippen LogP contribution in [0.5, 0.6) is 0 Å². The lowest BCUT2D eigenvalue weighted by molar-refractivity contribution is 0.0193. The predicted molar refractivity (Wildman–Crippen MR) is 87.7 cm³/mol. The maximum atomic E-state index is 12.2. The molecule has 0 saturated carbocycles. The first-order valence-corrected chi connectivity index (χ1v) is 7.95. The molecule has 6 nitrogen and oxygen atoms in total. The van der Waals surface area contributed by atoms with Gasteiger partial charge in [-0.2, -0.15) is 0 Å². The van der Waals surface area contributed by atoms with Crippen LogP contribution in [-0.4, -0.2) is 45.3 Å². The number of nitrogens with one attached hydrogen (secondary N) is 1. The summed E-state index contributed by atoms with van der Waals surface area (Å²) in [6.07, 6.45) is 3.51. The van der Waals surface area contributed by atoms with Gasteiger partial charge in [-0.25, -0.2) is 9.78 Å². The topological polar surface area (TPSA) is 59.4 Å². The van der Waals surface area contributed by atoms with Gasteiger partial charge in [0.15, 0.2) is 0 Å². The molecular weight excluding hydrogens is 280 g/mol. The van der Waals surface area contributed by atoms with E-state index in [2.05, 4.69) is 21.8 Å². The minimum atomic E-state index is -0.469. The number of imidazole rings is 1. The van der Waals surface area contributed by atoms with Gasteiger partial charge in [0.05, 0.1) is 6.54 Å². The molecule has 1 amide bonds. The molecule has 0 aliphatic heterocycles. The standard InChI is InChI=1S/C16H30N4O2/c1-7-19-10-9-18-14(19)12-17-8-11-20(13(2)3)15(21)22-16(4,5)6/h9-10,13,17H,7-8,11-12H2,1-6H3. The summed E-state index contributed by atoms with van der Waals surface area (Å²) < 4.78 is 7.54. The largest absolute Gasteiger partial charge is 0.444 e. The van der Waals surface area contributed by atoms with Crippen molar-refractivity contribution in [3.05, 3.63) is 18.2 Å². The molecule has 1 heterocycles. The lowest BCUT2D eigenvalue weighted by Gasteiger charge is -2.30. The molecule has 1 aromatic rings. The van der Waals surface area contributed by atoms with Gasteiger partial charge in [-0.1, -0.05) is 0 Å². The maximum Gasteiger partial charge on any atom is 0.410 e. The van der Waals surface area contributed by atoms with E-state index in [9.17, 15) is 4.79 Å². The molecule has 1 rings (SSSR count). The number of carbonyl (C=O) groups is 1. The molecule has 126 valence electrons. The van der Waals surface area contributed by atoms with Crippen LogP contribution in [0.15, 0.2) is 12.4 Å². The quantitative estimate of drug-likeness (QED) is 0.787. The summed E-state index contributed by atoms with van der Waals surface area (Å²) >= 11 is 0. The van der Waals surface area contributed by atoms with E-state index in [4.69, 9.17) is 4.74 Å². The van der Waals surface area contributed by atoms with Crippen molar-refractivity contribution in [2.75, 3.05) is 13.1 Å². The second-order valence-corrected chi connectivity index (χ2v) is 6.57. The Morgan fingerprint density at radius 3 is 2.68 bits per heavy atom. The van der Waals surface area contributed by atoms with Crippen LogP contribution >= 0.6 is 0 Å². The van der Waals surface area contributed by atoms with Gasteiger partial charge in [0.25, 0.3) is 0 Å². The number of hydrogen-bond donors (Lipinski definition) is 1. The van der Waals surface area contributed by atoms with Gasteiger partial charge < -0.3 is 19.5 Å². The van der Waals surface area contributed by atoms with Gasteiger partial charge in [0.1, 0.15) is 11.4 Å². The van der Waals surface area contributed by atoms with Crippen molar-refractivity contribution in [3.63, 3.8) is 0 Å². The highest BCUT2D eigenvalue weighted by molar-refractivity contribution is 5.68.